The fraction of sp³-hybridized carbons (Fsp3) is 0. The van der Waals surface area contributed by atoms with Crippen molar-refractivity contribution in [2.24, 2.45) is 0 Å². The van der Waals surface area contributed by atoms with Gasteiger partial charge in [-0.3, -0.25) is 0 Å². The van der Waals surface area contributed by atoms with Crippen molar-refractivity contribution < 1.29 is 35.6 Å². The van der Waals surface area contributed by atoms with Gasteiger partial charge in [0.15, 0.2) is 0 Å². The molecule has 0 saturated heterocycles. The fourth-order valence-electron chi connectivity index (χ4n) is 1.36. The summed E-state index contributed by atoms with van der Waals surface area (Å²) in [4.78, 5) is 0. The van der Waals surface area contributed by atoms with Gasteiger partial charge in [0, 0.05) is 0 Å². The number of halogens is 5. The molecule has 0 aliphatic heterocycles. The van der Waals surface area contributed by atoms with Gasteiger partial charge in [-0.2, -0.15) is 8.78 Å². The fourth-order valence-corrected chi connectivity index (χ4v) is 2.08. The van der Waals surface area contributed by atoms with Crippen LogP contribution in [0.4, 0.5) is 22.0 Å². The Bertz CT molecular complexity index is 664. The second-order valence-corrected chi connectivity index (χ2v) is 4.57. The van der Waals surface area contributed by atoms with Crippen molar-refractivity contribution in [2.75, 3.05) is 0 Å². The molecule has 2 aromatic rings. The molecule has 0 fully saturated rings. The van der Waals surface area contributed by atoms with Crippen LogP contribution in [0.3, 0.4) is 0 Å². The van der Waals surface area contributed by atoms with Crippen molar-refractivity contribution in [3.8, 4) is 11.5 Å². The van der Waals surface area contributed by atoms with Gasteiger partial charge in [0.05, 0.1) is 0 Å². The van der Waals surface area contributed by atoms with E-state index < -0.39 is 43.1 Å². The first-order chi connectivity index (χ1) is 9.91. The Morgan fingerprint density at radius 3 is 1.71 bits per heavy atom. The smallest absolute Gasteiger partial charge is 0.418 e. The molecule has 0 bridgehead atoms. The highest BCUT2D eigenvalue weighted by Crippen LogP contribution is 2.36. The van der Waals surface area contributed by atoms with E-state index in [9.17, 15) is 26.5 Å². The van der Waals surface area contributed by atoms with E-state index >= 15 is 0 Å². The van der Waals surface area contributed by atoms with Crippen LogP contribution in [0.15, 0.2) is 30.3 Å². The first-order valence-electron chi connectivity index (χ1n) is 5.38. The molecule has 0 saturated carbocycles. The van der Waals surface area contributed by atoms with E-state index in [2.05, 4.69) is 4.52 Å². The van der Waals surface area contributed by atoms with Crippen LogP contribution in [-0.2, 0) is 4.57 Å². The van der Waals surface area contributed by atoms with E-state index in [-0.39, 0.29) is 5.75 Å². The van der Waals surface area contributed by atoms with Crippen LogP contribution in [-0.4, -0.2) is 0 Å². The molecule has 1 unspecified atom stereocenters. The van der Waals surface area contributed by atoms with Gasteiger partial charge in [-0.15, -0.1) is 0 Å². The summed E-state index contributed by atoms with van der Waals surface area (Å²) in [7, 11) is -3.57. The maximum Gasteiger partial charge on any atom is 0.419 e. The molecule has 3 nitrogen and oxygen atoms in total. The van der Waals surface area contributed by atoms with Crippen LogP contribution < -0.4 is 9.05 Å². The molecular formula is C12H6F5O3P. The van der Waals surface area contributed by atoms with Gasteiger partial charge >= 0.3 is 8.25 Å². The number of rotatable bonds is 4. The Morgan fingerprint density at radius 1 is 0.714 bits per heavy atom. The normalized spacial score (nSPS) is 12.0. The Hall–Kier alpha value is -2.08. The summed E-state index contributed by atoms with van der Waals surface area (Å²) in [5, 5.41) is 0. The van der Waals surface area contributed by atoms with E-state index in [0.29, 0.717) is 0 Å². The van der Waals surface area contributed by atoms with Gasteiger partial charge in [-0.25, -0.2) is 17.7 Å². The van der Waals surface area contributed by atoms with Crippen molar-refractivity contribution in [1.82, 2.24) is 0 Å². The molecule has 0 N–H and O–H groups in total. The average molecular weight is 324 g/mol. The van der Waals surface area contributed by atoms with Crippen LogP contribution in [0, 0.1) is 29.1 Å². The molecule has 1 atom stereocenters. The summed E-state index contributed by atoms with van der Waals surface area (Å²) in [6.07, 6.45) is 0. The summed E-state index contributed by atoms with van der Waals surface area (Å²) in [6.45, 7) is 0. The van der Waals surface area contributed by atoms with E-state index in [1.54, 1.807) is 6.07 Å². The zero-order valence-corrected chi connectivity index (χ0v) is 11.0. The minimum absolute atomic E-state index is 0.0465. The monoisotopic (exact) mass is 324 g/mol. The summed E-state index contributed by atoms with van der Waals surface area (Å²) < 4.78 is 85.5. The Kier molecular flexibility index (Phi) is 4.47. The zero-order chi connectivity index (χ0) is 15.6. The van der Waals surface area contributed by atoms with Crippen molar-refractivity contribution in [3.05, 3.63) is 59.4 Å². The molecule has 0 heterocycles. The van der Waals surface area contributed by atoms with Crippen molar-refractivity contribution >= 4 is 8.25 Å². The first kappa shape index (κ1) is 15.3. The average Bonchev–Trinajstić information content (AvgIpc) is 2.48. The van der Waals surface area contributed by atoms with Crippen LogP contribution in [0.5, 0.6) is 11.5 Å². The predicted molar refractivity (Wildman–Crippen MR) is 62.9 cm³/mol. The molecule has 112 valence electrons. The highest BCUT2D eigenvalue weighted by atomic mass is 31.1. The number of hydrogen-bond donors (Lipinski definition) is 0. The molecule has 0 spiro atoms. The molecule has 0 aliphatic rings. The van der Waals surface area contributed by atoms with Crippen LogP contribution in [0.2, 0.25) is 0 Å². The highest BCUT2D eigenvalue weighted by molar-refractivity contribution is 7.34. The third-order valence-corrected chi connectivity index (χ3v) is 3.07. The lowest BCUT2D eigenvalue weighted by Crippen LogP contribution is -2.04. The standard InChI is InChI=1S/C12H6F5O3P/c13-7-8(14)10(16)12(11(17)9(7)15)20-21(18)19-6-4-2-1-3-5-6/h1-5,21H. The third-order valence-electron chi connectivity index (χ3n) is 2.30. The second-order valence-electron chi connectivity index (χ2n) is 3.67. The van der Waals surface area contributed by atoms with Gasteiger partial charge in [0.25, 0.3) is 0 Å². The Labute approximate surface area is 115 Å². The minimum atomic E-state index is -3.57. The number of hydrogen-bond acceptors (Lipinski definition) is 3. The molecular weight excluding hydrogens is 318 g/mol. The molecule has 0 radical (unpaired) electrons. The van der Waals surface area contributed by atoms with Crippen LogP contribution in [0.1, 0.15) is 0 Å². The maximum absolute atomic E-state index is 13.3. The molecule has 0 amide bonds. The van der Waals surface area contributed by atoms with Crippen LogP contribution >= 0.6 is 8.25 Å². The number of benzene rings is 2. The zero-order valence-electron chi connectivity index (χ0n) is 10.0. The largest absolute Gasteiger partial charge is 0.419 e. The van der Waals surface area contributed by atoms with E-state index in [4.69, 9.17) is 4.52 Å². The van der Waals surface area contributed by atoms with E-state index in [1.807, 2.05) is 0 Å². The lowest BCUT2D eigenvalue weighted by atomic mass is 10.3. The van der Waals surface area contributed by atoms with Crippen molar-refractivity contribution in [3.63, 3.8) is 0 Å². The Morgan fingerprint density at radius 2 is 1.19 bits per heavy atom. The van der Waals surface area contributed by atoms with Gasteiger partial charge in [0.2, 0.25) is 34.8 Å². The molecule has 21 heavy (non-hydrogen) atoms. The summed E-state index contributed by atoms with van der Waals surface area (Å²) in [5.41, 5.74) is 0. The van der Waals surface area contributed by atoms with E-state index in [0.717, 1.165) is 0 Å². The molecule has 2 rings (SSSR count). The SMILES string of the molecule is O=[PH](Oc1ccccc1)Oc1c(F)c(F)c(F)c(F)c1F. The highest BCUT2D eigenvalue weighted by Gasteiger charge is 2.28. The topological polar surface area (TPSA) is 35.5 Å². The van der Waals surface area contributed by atoms with E-state index in [1.165, 1.54) is 24.3 Å². The quantitative estimate of drug-likeness (QED) is 0.365. The summed E-state index contributed by atoms with van der Waals surface area (Å²) in [6, 6.07) is 7.38. The van der Waals surface area contributed by atoms with Gasteiger partial charge < -0.3 is 9.05 Å². The molecule has 9 heteroatoms. The van der Waals surface area contributed by atoms with Crippen molar-refractivity contribution in [1.29, 1.82) is 0 Å². The Balaban J connectivity index is 2.26. The minimum Gasteiger partial charge on any atom is -0.418 e. The maximum atomic E-state index is 13.3. The predicted octanol–water partition coefficient (Wildman–Crippen LogP) is 4.23. The van der Waals surface area contributed by atoms with Gasteiger partial charge in [0.1, 0.15) is 5.75 Å². The third kappa shape index (κ3) is 3.16. The molecule has 0 aromatic heterocycles. The summed E-state index contributed by atoms with van der Waals surface area (Å²) >= 11 is 0. The van der Waals surface area contributed by atoms with Crippen molar-refractivity contribution in [2.45, 2.75) is 0 Å². The number of para-hydroxylation sites is 1. The van der Waals surface area contributed by atoms with Gasteiger partial charge in [-0.05, 0) is 12.1 Å². The lowest BCUT2D eigenvalue weighted by Gasteiger charge is -2.10. The first-order valence-corrected chi connectivity index (χ1v) is 6.60. The summed E-state index contributed by atoms with van der Waals surface area (Å²) in [5.74, 6) is -12.8. The second kappa shape index (κ2) is 6.13. The lowest BCUT2D eigenvalue weighted by molar-refractivity contribution is 0.336. The van der Waals surface area contributed by atoms with Gasteiger partial charge in [-0.1, -0.05) is 18.2 Å². The van der Waals surface area contributed by atoms with Crippen LogP contribution in [0.25, 0.3) is 0 Å². The molecule has 2 aromatic carbocycles. The molecule has 0 aliphatic carbocycles.